The number of rotatable bonds is 5. The summed E-state index contributed by atoms with van der Waals surface area (Å²) >= 11 is 0. The van der Waals surface area contributed by atoms with Crippen LogP contribution in [0.1, 0.15) is 12.8 Å². The molecule has 10 nitrogen and oxygen atoms in total. The number of aliphatic hydroxyl groups is 1. The normalized spacial score (nSPS) is 16.1. The van der Waals surface area contributed by atoms with Crippen LogP contribution in [0.3, 0.4) is 0 Å². The Hall–Kier alpha value is -2.62. The number of carbonyl (C=O) groups is 1. The maximum absolute atomic E-state index is 11.9. The van der Waals surface area contributed by atoms with Gasteiger partial charge in [0.15, 0.2) is 11.2 Å². The van der Waals surface area contributed by atoms with Gasteiger partial charge in [0.1, 0.15) is 0 Å². The number of aromatic nitrogens is 4. The van der Waals surface area contributed by atoms with Gasteiger partial charge in [-0.25, -0.2) is 4.79 Å². The first-order chi connectivity index (χ1) is 11.4. The number of nitrogens with one attached hydrogen (secondary N) is 2. The molecular weight excluding hydrogens is 316 g/mol. The van der Waals surface area contributed by atoms with E-state index in [9.17, 15) is 19.5 Å². The predicted octanol–water partition coefficient (Wildman–Crippen LogP) is -1.64. The second kappa shape index (κ2) is 6.11. The minimum absolute atomic E-state index is 0.0540. The number of aromatic amines is 1. The Bertz CT molecular complexity index is 895. The lowest BCUT2D eigenvalue weighted by atomic mass is 10.3. The van der Waals surface area contributed by atoms with Gasteiger partial charge in [-0.15, -0.1) is 0 Å². The van der Waals surface area contributed by atoms with Gasteiger partial charge >= 0.3 is 5.69 Å². The van der Waals surface area contributed by atoms with Crippen molar-refractivity contribution in [2.24, 2.45) is 14.1 Å². The van der Waals surface area contributed by atoms with E-state index in [1.165, 1.54) is 16.2 Å². The number of aryl methyl sites for hydroxylation is 2. The molecule has 10 heteroatoms. The van der Waals surface area contributed by atoms with Crippen LogP contribution < -0.4 is 16.6 Å². The fraction of sp³-hybridized carbons (Fsp3) is 0.571. The highest BCUT2D eigenvalue weighted by atomic mass is 16.3. The van der Waals surface area contributed by atoms with Gasteiger partial charge in [-0.3, -0.25) is 19.1 Å². The maximum atomic E-state index is 11.9. The molecule has 1 unspecified atom stereocenters. The summed E-state index contributed by atoms with van der Waals surface area (Å²) in [6, 6.07) is 0. The molecular formula is C14H20N6O4. The van der Waals surface area contributed by atoms with Crippen molar-refractivity contribution in [3.05, 3.63) is 20.8 Å². The number of amides is 1. The van der Waals surface area contributed by atoms with Gasteiger partial charge in [-0.1, -0.05) is 0 Å². The number of H-pyrrole nitrogens is 1. The number of hydrogen-bond acceptors (Lipinski definition) is 6. The van der Waals surface area contributed by atoms with Crippen LogP contribution in [0.25, 0.3) is 11.2 Å². The minimum atomic E-state index is -0.756. The van der Waals surface area contributed by atoms with Crippen LogP contribution in [0.15, 0.2) is 9.59 Å². The summed E-state index contributed by atoms with van der Waals surface area (Å²) in [4.78, 5) is 43.2. The number of carbonyl (C=O) groups excluding carboxylic acids is 1. The summed E-state index contributed by atoms with van der Waals surface area (Å²) < 4.78 is 2.78. The molecule has 0 saturated carbocycles. The van der Waals surface area contributed by atoms with Crippen molar-refractivity contribution < 1.29 is 9.90 Å². The number of fused-ring (bicyclic) bond motifs is 1. The van der Waals surface area contributed by atoms with E-state index >= 15 is 0 Å². The summed E-state index contributed by atoms with van der Waals surface area (Å²) in [6.45, 7) is 1.10. The van der Waals surface area contributed by atoms with Gasteiger partial charge in [0.2, 0.25) is 11.9 Å². The third kappa shape index (κ3) is 2.80. The van der Waals surface area contributed by atoms with Gasteiger partial charge in [0.05, 0.1) is 6.10 Å². The van der Waals surface area contributed by atoms with Crippen molar-refractivity contribution in [3.63, 3.8) is 0 Å². The quantitative estimate of drug-likeness (QED) is 0.601. The van der Waals surface area contributed by atoms with E-state index in [-0.39, 0.29) is 30.2 Å². The monoisotopic (exact) mass is 336 g/mol. The van der Waals surface area contributed by atoms with Crippen molar-refractivity contribution in [3.8, 4) is 0 Å². The molecule has 1 atom stereocenters. The lowest BCUT2D eigenvalue weighted by Crippen LogP contribution is -2.37. The lowest BCUT2D eigenvalue weighted by Gasteiger charge is -2.20. The number of β-amino-alcohol motifs (C(OH)–C–C–N with tert-alkyl or cyclic N) is 1. The van der Waals surface area contributed by atoms with E-state index in [1.54, 1.807) is 11.9 Å². The van der Waals surface area contributed by atoms with E-state index in [1.807, 2.05) is 0 Å². The summed E-state index contributed by atoms with van der Waals surface area (Å²) in [7, 11) is 3.17. The van der Waals surface area contributed by atoms with Crippen LogP contribution in [0.4, 0.5) is 5.95 Å². The SMILES string of the molecule is Cn1c(NCC(O)CN2CCCC2=O)nc2c1c(=O)[nH]c(=O)n2C. The molecule has 3 rings (SSSR count). The third-order valence-electron chi connectivity index (χ3n) is 4.23. The molecule has 0 aliphatic carbocycles. The fourth-order valence-electron chi connectivity index (χ4n) is 2.89. The Balaban J connectivity index is 1.76. The smallest absolute Gasteiger partial charge is 0.329 e. The second-order valence-electron chi connectivity index (χ2n) is 5.96. The van der Waals surface area contributed by atoms with Crippen molar-refractivity contribution in [2.45, 2.75) is 18.9 Å². The molecule has 1 aliphatic heterocycles. The van der Waals surface area contributed by atoms with Gasteiger partial charge in [-0.05, 0) is 6.42 Å². The predicted molar refractivity (Wildman–Crippen MR) is 86.9 cm³/mol. The topological polar surface area (TPSA) is 125 Å². The summed E-state index contributed by atoms with van der Waals surface area (Å²) in [6.07, 6.45) is 0.594. The minimum Gasteiger partial charge on any atom is -0.389 e. The summed E-state index contributed by atoms with van der Waals surface area (Å²) in [5.74, 6) is 0.418. The van der Waals surface area contributed by atoms with Gasteiger partial charge in [0, 0.05) is 40.2 Å². The highest BCUT2D eigenvalue weighted by Gasteiger charge is 2.23. The van der Waals surface area contributed by atoms with Crippen molar-refractivity contribution >= 4 is 23.0 Å². The number of anilines is 1. The van der Waals surface area contributed by atoms with Crippen LogP contribution in [0, 0.1) is 0 Å². The Morgan fingerprint density at radius 2 is 2.04 bits per heavy atom. The maximum Gasteiger partial charge on any atom is 0.329 e. The molecule has 3 N–H and O–H groups in total. The standard InChI is InChI=1S/C14H20N6O4/c1-18-10-11(19(2)14(24)17-12(10)23)16-13(18)15-6-8(21)7-20-5-3-4-9(20)22/h8,21H,3-7H2,1-2H3,(H,15,16)(H,17,23,24). The van der Waals surface area contributed by atoms with Crippen LogP contribution in [-0.2, 0) is 18.9 Å². The first kappa shape index (κ1) is 16.2. The Morgan fingerprint density at radius 3 is 2.71 bits per heavy atom. The Morgan fingerprint density at radius 1 is 1.29 bits per heavy atom. The first-order valence-electron chi connectivity index (χ1n) is 7.74. The van der Waals surface area contributed by atoms with E-state index in [4.69, 9.17) is 0 Å². The molecule has 0 aromatic carbocycles. The number of aliphatic hydroxyl groups excluding tert-OH is 1. The van der Waals surface area contributed by atoms with Gasteiger partial charge in [-0.2, -0.15) is 4.98 Å². The molecule has 0 radical (unpaired) electrons. The summed E-state index contributed by atoms with van der Waals surface area (Å²) in [5.41, 5.74) is -0.522. The zero-order chi connectivity index (χ0) is 17.4. The Kier molecular flexibility index (Phi) is 4.14. The molecule has 1 amide bonds. The molecule has 0 bridgehead atoms. The molecule has 0 spiro atoms. The molecule has 24 heavy (non-hydrogen) atoms. The zero-order valence-corrected chi connectivity index (χ0v) is 13.6. The van der Waals surface area contributed by atoms with Crippen LogP contribution >= 0.6 is 0 Å². The lowest BCUT2D eigenvalue weighted by molar-refractivity contribution is -0.128. The number of nitrogens with zero attached hydrogens (tertiary/aromatic N) is 4. The number of hydrogen-bond donors (Lipinski definition) is 3. The van der Waals surface area contributed by atoms with Crippen LogP contribution in [0.5, 0.6) is 0 Å². The van der Waals surface area contributed by atoms with Crippen LogP contribution in [0.2, 0.25) is 0 Å². The average Bonchev–Trinajstić information content (AvgIpc) is 3.07. The third-order valence-corrected chi connectivity index (χ3v) is 4.23. The van der Waals surface area contributed by atoms with Crippen molar-refractivity contribution in [1.82, 2.24) is 24.0 Å². The average molecular weight is 336 g/mol. The number of imidazole rings is 1. The molecule has 1 fully saturated rings. The van der Waals surface area contributed by atoms with Crippen molar-refractivity contribution in [2.75, 3.05) is 25.0 Å². The van der Waals surface area contributed by atoms with E-state index < -0.39 is 17.4 Å². The highest BCUT2D eigenvalue weighted by molar-refractivity contribution is 5.78. The molecule has 1 saturated heterocycles. The zero-order valence-electron chi connectivity index (χ0n) is 13.6. The van der Waals surface area contributed by atoms with Gasteiger partial charge < -0.3 is 19.9 Å². The van der Waals surface area contributed by atoms with E-state index in [2.05, 4.69) is 15.3 Å². The molecule has 130 valence electrons. The van der Waals surface area contributed by atoms with Crippen LogP contribution in [-0.4, -0.2) is 60.8 Å². The van der Waals surface area contributed by atoms with Gasteiger partial charge in [0.25, 0.3) is 5.56 Å². The van der Waals surface area contributed by atoms with E-state index in [0.717, 1.165) is 6.42 Å². The first-order valence-corrected chi connectivity index (χ1v) is 7.74. The Labute approximate surface area is 136 Å². The summed E-state index contributed by atoms with van der Waals surface area (Å²) in [5, 5.41) is 13.1. The fourth-order valence-corrected chi connectivity index (χ4v) is 2.89. The van der Waals surface area contributed by atoms with E-state index in [0.29, 0.717) is 18.9 Å². The highest BCUT2D eigenvalue weighted by Crippen LogP contribution is 2.13. The van der Waals surface area contributed by atoms with Crippen molar-refractivity contribution in [1.29, 1.82) is 0 Å². The molecule has 1 aliphatic rings. The molecule has 2 aromatic rings. The second-order valence-corrected chi connectivity index (χ2v) is 5.96. The largest absolute Gasteiger partial charge is 0.389 e. The number of likely N-dealkylation sites (tertiary alicyclic amines) is 1. The molecule has 2 aromatic heterocycles. The molecule has 3 heterocycles.